The summed E-state index contributed by atoms with van der Waals surface area (Å²) in [7, 11) is 0. The Morgan fingerprint density at radius 1 is 1.05 bits per heavy atom. The molecule has 22 heavy (non-hydrogen) atoms. The van der Waals surface area contributed by atoms with Crippen LogP contribution in [0.15, 0.2) is 48.5 Å². The summed E-state index contributed by atoms with van der Waals surface area (Å²) in [6.07, 6.45) is 0. The molecule has 0 fully saturated rings. The number of aryl methyl sites for hydroxylation is 1. The zero-order valence-corrected chi connectivity index (χ0v) is 11.9. The Bertz CT molecular complexity index is 832. The number of rotatable bonds is 3. The molecular weight excluding hydrogens is 283 g/mol. The highest BCUT2D eigenvalue weighted by Gasteiger charge is 2.10. The van der Waals surface area contributed by atoms with Crippen LogP contribution in [0.25, 0.3) is 11.0 Å². The summed E-state index contributed by atoms with van der Waals surface area (Å²) >= 11 is 0. The number of nitrogens with zero attached hydrogens (tertiary/aromatic N) is 2. The highest BCUT2D eigenvalue weighted by molar-refractivity contribution is 5.89. The Balaban J connectivity index is 1.77. The number of ether oxygens (including phenoxy) is 1. The van der Waals surface area contributed by atoms with Gasteiger partial charge in [-0.25, -0.2) is 19.2 Å². The number of para-hydroxylation sites is 2. The minimum absolute atomic E-state index is 0.0277. The quantitative estimate of drug-likeness (QED) is 0.695. The number of carbonyl (C=O) groups excluding carboxylic acids is 1. The summed E-state index contributed by atoms with van der Waals surface area (Å²) in [4.78, 5) is 20.8. The molecule has 0 saturated heterocycles. The lowest BCUT2D eigenvalue weighted by Gasteiger charge is -2.08. The lowest BCUT2D eigenvalue weighted by Crippen LogP contribution is -2.08. The van der Waals surface area contributed by atoms with Crippen LogP contribution < -0.4 is 0 Å². The number of carbonyl (C=O) groups is 1. The molecule has 0 aliphatic carbocycles. The predicted octanol–water partition coefficient (Wildman–Crippen LogP) is 3.43. The summed E-state index contributed by atoms with van der Waals surface area (Å²) in [6, 6.07) is 12.7. The molecule has 5 heteroatoms. The van der Waals surface area contributed by atoms with E-state index in [0.717, 1.165) is 11.0 Å². The molecule has 0 atom stereocenters. The van der Waals surface area contributed by atoms with Gasteiger partial charge in [-0.2, -0.15) is 0 Å². The van der Waals surface area contributed by atoms with Gasteiger partial charge in [0, 0.05) is 0 Å². The van der Waals surface area contributed by atoms with Crippen molar-refractivity contribution in [2.24, 2.45) is 0 Å². The molecule has 110 valence electrons. The first-order valence-electron chi connectivity index (χ1n) is 6.78. The summed E-state index contributed by atoms with van der Waals surface area (Å²) in [5.41, 5.74) is 3.17. The zero-order valence-electron chi connectivity index (χ0n) is 11.9. The van der Waals surface area contributed by atoms with Gasteiger partial charge in [-0.3, -0.25) is 0 Å². The largest absolute Gasteiger partial charge is 0.456 e. The molecule has 1 heterocycles. The molecule has 0 amide bonds. The molecule has 0 aliphatic heterocycles. The van der Waals surface area contributed by atoms with Crippen LogP contribution in [0.2, 0.25) is 0 Å². The van der Waals surface area contributed by atoms with Crippen LogP contribution in [0.4, 0.5) is 4.39 Å². The number of fused-ring (bicyclic) bond motifs is 1. The number of hydrogen-bond acceptors (Lipinski definition) is 4. The van der Waals surface area contributed by atoms with E-state index in [4.69, 9.17) is 4.74 Å². The number of hydrogen-bond donors (Lipinski definition) is 0. The van der Waals surface area contributed by atoms with E-state index in [9.17, 15) is 9.18 Å². The predicted molar refractivity (Wildman–Crippen MR) is 79.8 cm³/mol. The van der Waals surface area contributed by atoms with E-state index in [0.29, 0.717) is 17.0 Å². The van der Waals surface area contributed by atoms with Crippen molar-refractivity contribution >= 4 is 17.0 Å². The van der Waals surface area contributed by atoms with Gasteiger partial charge < -0.3 is 4.74 Å². The van der Waals surface area contributed by atoms with Crippen LogP contribution in [0, 0.1) is 12.7 Å². The Morgan fingerprint density at radius 3 is 2.36 bits per heavy atom. The highest BCUT2D eigenvalue weighted by atomic mass is 19.1. The van der Waals surface area contributed by atoms with Gasteiger partial charge in [-0.05, 0) is 43.3 Å². The smallest absolute Gasteiger partial charge is 0.338 e. The molecule has 0 bridgehead atoms. The van der Waals surface area contributed by atoms with Crippen molar-refractivity contribution in [3.63, 3.8) is 0 Å². The van der Waals surface area contributed by atoms with Gasteiger partial charge in [-0.1, -0.05) is 12.1 Å². The molecule has 0 aliphatic rings. The summed E-state index contributed by atoms with van der Waals surface area (Å²) < 4.78 is 18.1. The fourth-order valence-corrected chi connectivity index (χ4v) is 2.06. The first-order chi connectivity index (χ1) is 10.6. The van der Waals surface area contributed by atoms with Crippen LogP contribution in [0.5, 0.6) is 0 Å². The Morgan fingerprint density at radius 2 is 1.68 bits per heavy atom. The molecule has 0 saturated carbocycles. The van der Waals surface area contributed by atoms with Gasteiger partial charge in [-0.15, -0.1) is 0 Å². The second-order valence-corrected chi connectivity index (χ2v) is 4.83. The first kappa shape index (κ1) is 14.1. The van der Waals surface area contributed by atoms with E-state index in [-0.39, 0.29) is 6.61 Å². The Hall–Kier alpha value is -2.82. The molecule has 1 aromatic heterocycles. The van der Waals surface area contributed by atoms with E-state index < -0.39 is 11.8 Å². The minimum atomic E-state index is -0.519. The molecule has 0 unspecified atom stereocenters. The lowest BCUT2D eigenvalue weighted by atomic mass is 10.2. The molecule has 3 rings (SSSR count). The number of esters is 1. The molecule has 0 radical (unpaired) electrons. The number of aromatic nitrogens is 2. The highest BCUT2D eigenvalue weighted by Crippen LogP contribution is 2.14. The third-order valence-corrected chi connectivity index (χ3v) is 3.26. The summed E-state index contributed by atoms with van der Waals surface area (Å²) in [5, 5.41) is 0. The third kappa shape index (κ3) is 2.93. The van der Waals surface area contributed by atoms with Crippen molar-refractivity contribution in [1.29, 1.82) is 0 Å². The van der Waals surface area contributed by atoms with Crippen LogP contribution in [-0.2, 0) is 11.3 Å². The molecule has 0 spiro atoms. The van der Waals surface area contributed by atoms with Crippen molar-refractivity contribution in [3.8, 4) is 0 Å². The van der Waals surface area contributed by atoms with Gasteiger partial charge in [0.15, 0.2) is 0 Å². The zero-order chi connectivity index (χ0) is 15.5. The maximum atomic E-state index is 12.8. The van der Waals surface area contributed by atoms with Crippen molar-refractivity contribution in [1.82, 2.24) is 9.97 Å². The molecule has 0 N–H and O–H groups in total. The molecule has 3 aromatic rings. The average molecular weight is 296 g/mol. The van der Waals surface area contributed by atoms with Crippen LogP contribution in [0.1, 0.15) is 21.7 Å². The topological polar surface area (TPSA) is 52.1 Å². The third-order valence-electron chi connectivity index (χ3n) is 3.26. The fraction of sp³-hybridized carbons (Fsp3) is 0.118. The van der Waals surface area contributed by atoms with Crippen molar-refractivity contribution in [2.45, 2.75) is 13.5 Å². The van der Waals surface area contributed by atoms with Gasteiger partial charge in [0.2, 0.25) is 0 Å². The Kier molecular flexibility index (Phi) is 3.78. The van der Waals surface area contributed by atoms with Gasteiger partial charge in [0.25, 0.3) is 0 Å². The first-order valence-corrected chi connectivity index (χ1v) is 6.78. The monoisotopic (exact) mass is 296 g/mol. The molecular formula is C17H13FN2O2. The van der Waals surface area contributed by atoms with E-state index in [2.05, 4.69) is 9.97 Å². The van der Waals surface area contributed by atoms with Gasteiger partial charge in [0.1, 0.15) is 12.4 Å². The van der Waals surface area contributed by atoms with Gasteiger partial charge in [0.05, 0.1) is 28.0 Å². The lowest BCUT2D eigenvalue weighted by molar-refractivity contribution is 0.0467. The fourth-order valence-electron chi connectivity index (χ4n) is 2.06. The second-order valence-electron chi connectivity index (χ2n) is 4.83. The Labute approximate surface area is 126 Å². The SMILES string of the molecule is Cc1nc2ccccc2nc1COC(=O)c1ccc(F)cc1. The number of halogens is 1. The van der Waals surface area contributed by atoms with Crippen LogP contribution in [-0.4, -0.2) is 15.9 Å². The molecule has 2 aromatic carbocycles. The summed E-state index contributed by atoms with van der Waals surface area (Å²) in [6.45, 7) is 1.85. The van der Waals surface area contributed by atoms with E-state index in [1.54, 1.807) is 0 Å². The van der Waals surface area contributed by atoms with Crippen molar-refractivity contribution in [3.05, 3.63) is 71.3 Å². The molecule has 4 nitrogen and oxygen atoms in total. The standard InChI is InChI=1S/C17H13FN2O2/c1-11-16(20-15-5-3-2-4-14(15)19-11)10-22-17(21)12-6-8-13(18)9-7-12/h2-9H,10H2,1H3. The van der Waals surface area contributed by atoms with E-state index >= 15 is 0 Å². The maximum Gasteiger partial charge on any atom is 0.338 e. The van der Waals surface area contributed by atoms with Crippen LogP contribution in [0.3, 0.4) is 0 Å². The van der Waals surface area contributed by atoms with E-state index in [1.165, 1.54) is 24.3 Å². The van der Waals surface area contributed by atoms with Crippen LogP contribution >= 0.6 is 0 Å². The van der Waals surface area contributed by atoms with Gasteiger partial charge >= 0.3 is 5.97 Å². The summed E-state index contributed by atoms with van der Waals surface area (Å²) in [5.74, 6) is -0.915. The van der Waals surface area contributed by atoms with Crippen molar-refractivity contribution < 1.29 is 13.9 Å². The normalized spacial score (nSPS) is 10.6. The van der Waals surface area contributed by atoms with E-state index in [1.807, 2.05) is 31.2 Å². The minimum Gasteiger partial charge on any atom is -0.456 e. The van der Waals surface area contributed by atoms with Crippen molar-refractivity contribution in [2.75, 3.05) is 0 Å². The number of benzene rings is 2. The maximum absolute atomic E-state index is 12.8. The average Bonchev–Trinajstić information content (AvgIpc) is 2.53. The second kappa shape index (κ2) is 5.89.